The molecule has 3 aromatic rings. The van der Waals surface area contributed by atoms with Gasteiger partial charge in [-0.3, -0.25) is 10.1 Å². The largest absolute Gasteiger partial charge is 0.297 e. The molecule has 0 fully saturated rings. The van der Waals surface area contributed by atoms with Crippen LogP contribution in [0.15, 0.2) is 10.4 Å². The Hall–Kier alpha value is -2.07. The minimum Gasteiger partial charge on any atom is -0.294 e. The number of amides is 1. The third-order valence-electron chi connectivity index (χ3n) is 2.72. The van der Waals surface area contributed by atoms with E-state index < -0.39 is 5.91 Å². The molecule has 8 nitrogen and oxygen atoms in total. The zero-order valence-corrected chi connectivity index (χ0v) is 13.8. The van der Waals surface area contributed by atoms with E-state index in [1.807, 2.05) is 26.8 Å². The van der Waals surface area contributed by atoms with Crippen molar-refractivity contribution in [1.82, 2.24) is 29.8 Å². The maximum absolute atomic E-state index is 12.2. The minimum absolute atomic E-state index is 0.0566. The number of aryl methyl sites for hydroxylation is 2. The van der Waals surface area contributed by atoms with Crippen molar-refractivity contribution >= 4 is 39.9 Å². The van der Waals surface area contributed by atoms with Gasteiger partial charge in [-0.1, -0.05) is 30.0 Å². The summed E-state index contributed by atoms with van der Waals surface area (Å²) in [5.74, 6) is 0.941. The third kappa shape index (κ3) is 2.92. The van der Waals surface area contributed by atoms with E-state index >= 15 is 0 Å². The molecule has 0 atom stereocenters. The van der Waals surface area contributed by atoms with Gasteiger partial charge in [0.05, 0.1) is 0 Å². The van der Waals surface area contributed by atoms with Crippen LogP contribution in [-0.4, -0.2) is 41.4 Å². The van der Waals surface area contributed by atoms with Crippen LogP contribution in [0.5, 0.6) is 0 Å². The van der Waals surface area contributed by atoms with Gasteiger partial charge in [0.15, 0.2) is 4.34 Å². The van der Waals surface area contributed by atoms with Crippen LogP contribution in [0, 0.1) is 13.8 Å². The predicted molar refractivity (Wildman–Crippen MR) is 84.5 cm³/mol. The zero-order valence-electron chi connectivity index (χ0n) is 12.2. The first-order valence-electron chi connectivity index (χ1n) is 6.55. The normalized spacial score (nSPS) is 11.0. The molecule has 3 heterocycles. The summed E-state index contributed by atoms with van der Waals surface area (Å²) in [6.45, 7) is 5.79. The Bertz CT molecular complexity index is 841. The van der Waals surface area contributed by atoms with Gasteiger partial charge in [-0.25, -0.2) is 9.50 Å². The van der Waals surface area contributed by atoms with Crippen LogP contribution < -0.4 is 5.32 Å². The first-order chi connectivity index (χ1) is 10.6. The lowest BCUT2D eigenvalue weighted by atomic mass is 10.4. The number of hydrogen-bond acceptors (Lipinski definition) is 8. The lowest BCUT2D eigenvalue weighted by Crippen LogP contribution is -2.13. The molecule has 0 unspecified atom stereocenters. The SMILES string of the molecule is CCSc1nnc(NC(=O)c2nc3nc(C)cc(C)n3n2)s1. The number of rotatable bonds is 4. The minimum atomic E-state index is -0.424. The second-order valence-corrected chi connectivity index (χ2v) is 6.94. The van der Waals surface area contributed by atoms with Gasteiger partial charge in [-0.05, 0) is 25.7 Å². The molecule has 0 aliphatic heterocycles. The van der Waals surface area contributed by atoms with Crippen LogP contribution >= 0.6 is 23.1 Å². The second-order valence-electron chi connectivity index (χ2n) is 4.45. The molecule has 0 aliphatic rings. The topological polar surface area (TPSA) is 98.0 Å². The molecule has 1 N–H and O–H groups in total. The smallest absolute Gasteiger partial charge is 0.294 e. The van der Waals surface area contributed by atoms with Crippen molar-refractivity contribution in [3.8, 4) is 0 Å². The van der Waals surface area contributed by atoms with E-state index in [-0.39, 0.29) is 5.82 Å². The highest BCUT2D eigenvalue weighted by atomic mass is 32.2. The van der Waals surface area contributed by atoms with E-state index in [9.17, 15) is 4.79 Å². The van der Waals surface area contributed by atoms with Gasteiger partial charge in [0.25, 0.3) is 11.7 Å². The third-order valence-corrected chi connectivity index (χ3v) is 4.57. The van der Waals surface area contributed by atoms with Gasteiger partial charge in [-0.2, -0.15) is 4.98 Å². The fraction of sp³-hybridized carbons (Fsp3) is 0.333. The molecule has 3 rings (SSSR count). The highest BCUT2D eigenvalue weighted by Gasteiger charge is 2.17. The molecule has 0 radical (unpaired) electrons. The van der Waals surface area contributed by atoms with Crippen molar-refractivity contribution in [3.63, 3.8) is 0 Å². The number of nitrogens with one attached hydrogen (secondary N) is 1. The monoisotopic (exact) mass is 335 g/mol. The maximum Gasteiger partial charge on any atom is 0.297 e. The number of carbonyl (C=O) groups excluding carboxylic acids is 1. The van der Waals surface area contributed by atoms with Gasteiger partial charge in [0.1, 0.15) is 0 Å². The number of nitrogens with zero attached hydrogens (tertiary/aromatic N) is 6. The molecule has 0 bridgehead atoms. The molecule has 0 saturated carbocycles. The molecule has 0 aliphatic carbocycles. The fourth-order valence-corrected chi connectivity index (χ4v) is 3.50. The molecule has 10 heteroatoms. The molecule has 22 heavy (non-hydrogen) atoms. The average Bonchev–Trinajstić information content (AvgIpc) is 3.06. The number of hydrogen-bond donors (Lipinski definition) is 1. The number of aromatic nitrogens is 6. The van der Waals surface area contributed by atoms with Crippen molar-refractivity contribution in [1.29, 1.82) is 0 Å². The summed E-state index contributed by atoms with van der Waals surface area (Å²) in [7, 11) is 0. The molecular weight excluding hydrogens is 322 g/mol. The summed E-state index contributed by atoms with van der Waals surface area (Å²) >= 11 is 2.90. The van der Waals surface area contributed by atoms with Crippen LogP contribution in [0.3, 0.4) is 0 Å². The van der Waals surface area contributed by atoms with Crippen molar-refractivity contribution in [2.45, 2.75) is 25.1 Å². The van der Waals surface area contributed by atoms with E-state index in [2.05, 4.69) is 30.6 Å². The number of thioether (sulfide) groups is 1. The first-order valence-corrected chi connectivity index (χ1v) is 8.35. The van der Waals surface area contributed by atoms with Crippen molar-refractivity contribution in [2.75, 3.05) is 11.1 Å². The van der Waals surface area contributed by atoms with Crippen LogP contribution in [0.2, 0.25) is 0 Å². The van der Waals surface area contributed by atoms with Crippen LogP contribution in [-0.2, 0) is 0 Å². The number of fused-ring (bicyclic) bond motifs is 1. The second kappa shape index (κ2) is 5.97. The fourth-order valence-electron chi connectivity index (χ4n) is 1.86. The molecular formula is C12H13N7OS2. The van der Waals surface area contributed by atoms with E-state index in [1.165, 1.54) is 11.3 Å². The standard InChI is InChI=1S/C12H13N7OS2/c1-4-21-12-17-16-11(22-12)15-9(20)8-14-10-13-6(2)5-7(3)19(10)18-8/h5H,4H2,1-3H3,(H,15,16,20). The van der Waals surface area contributed by atoms with Gasteiger partial charge < -0.3 is 0 Å². The summed E-state index contributed by atoms with van der Waals surface area (Å²) in [5, 5.41) is 15.2. The summed E-state index contributed by atoms with van der Waals surface area (Å²) in [6, 6.07) is 1.88. The Balaban J connectivity index is 1.83. The highest BCUT2D eigenvalue weighted by Crippen LogP contribution is 2.25. The van der Waals surface area contributed by atoms with Gasteiger partial charge in [-0.15, -0.1) is 15.3 Å². The average molecular weight is 335 g/mol. The van der Waals surface area contributed by atoms with E-state index in [4.69, 9.17) is 0 Å². The van der Waals surface area contributed by atoms with Gasteiger partial charge in [0, 0.05) is 11.4 Å². The summed E-state index contributed by atoms with van der Waals surface area (Å²) in [5.41, 5.74) is 1.70. The van der Waals surface area contributed by atoms with E-state index in [0.29, 0.717) is 10.9 Å². The highest BCUT2D eigenvalue weighted by molar-refractivity contribution is 8.01. The number of carbonyl (C=O) groups is 1. The lowest BCUT2D eigenvalue weighted by Gasteiger charge is -1.97. The summed E-state index contributed by atoms with van der Waals surface area (Å²) < 4.78 is 2.36. The van der Waals surface area contributed by atoms with Crippen molar-refractivity contribution in [3.05, 3.63) is 23.3 Å². The zero-order chi connectivity index (χ0) is 15.7. The van der Waals surface area contributed by atoms with Crippen LogP contribution in [0.1, 0.15) is 28.9 Å². The predicted octanol–water partition coefficient (Wildman–Crippen LogP) is 1.96. The quantitative estimate of drug-likeness (QED) is 0.575. The van der Waals surface area contributed by atoms with Crippen molar-refractivity contribution < 1.29 is 4.79 Å². The first kappa shape index (κ1) is 14.9. The van der Waals surface area contributed by atoms with E-state index in [1.54, 1.807) is 16.3 Å². The molecule has 0 saturated heterocycles. The lowest BCUT2D eigenvalue weighted by molar-refractivity contribution is 0.101. The van der Waals surface area contributed by atoms with Crippen LogP contribution in [0.25, 0.3) is 5.78 Å². The molecule has 0 spiro atoms. The molecule has 0 aromatic carbocycles. The summed E-state index contributed by atoms with van der Waals surface area (Å²) in [6.07, 6.45) is 0. The summed E-state index contributed by atoms with van der Waals surface area (Å²) in [4.78, 5) is 20.6. The van der Waals surface area contributed by atoms with E-state index in [0.717, 1.165) is 21.5 Å². The Labute approximate surface area is 134 Å². The number of anilines is 1. The Morgan fingerprint density at radius 2 is 2.18 bits per heavy atom. The van der Waals surface area contributed by atoms with Gasteiger partial charge in [0.2, 0.25) is 11.0 Å². The molecule has 3 aromatic heterocycles. The molecule has 1 amide bonds. The Kier molecular flexibility index (Phi) is 4.03. The van der Waals surface area contributed by atoms with Crippen LogP contribution in [0.4, 0.5) is 5.13 Å². The van der Waals surface area contributed by atoms with Gasteiger partial charge >= 0.3 is 0 Å². The maximum atomic E-state index is 12.2. The Morgan fingerprint density at radius 1 is 1.36 bits per heavy atom. The Morgan fingerprint density at radius 3 is 2.95 bits per heavy atom. The molecule has 114 valence electrons. The van der Waals surface area contributed by atoms with Crippen molar-refractivity contribution in [2.24, 2.45) is 0 Å².